The van der Waals surface area contributed by atoms with Crippen molar-refractivity contribution in [2.75, 3.05) is 0 Å². The van der Waals surface area contributed by atoms with Crippen molar-refractivity contribution in [3.8, 4) is 0 Å². The molecule has 7 heteroatoms. The third-order valence-corrected chi connectivity index (χ3v) is 3.78. The Labute approximate surface area is 98.0 Å². The number of furan rings is 1. The van der Waals surface area contributed by atoms with Gasteiger partial charge >= 0.3 is 5.97 Å². The fourth-order valence-electron chi connectivity index (χ4n) is 1.57. The summed E-state index contributed by atoms with van der Waals surface area (Å²) in [5.41, 5.74) is 0. The zero-order chi connectivity index (χ0) is 12.5. The van der Waals surface area contributed by atoms with Crippen molar-refractivity contribution in [3.63, 3.8) is 0 Å². The van der Waals surface area contributed by atoms with E-state index in [0.717, 1.165) is 12.1 Å². The maximum absolute atomic E-state index is 11.8. The van der Waals surface area contributed by atoms with Crippen LogP contribution in [0.3, 0.4) is 0 Å². The summed E-state index contributed by atoms with van der Waals surface area (Å²) in [5.74, 6) is -1.69. The Morgan fingerprint density at radius 1 is 1.35 bits per heavy atom. The summed E-state index contributed by atoms with van der Waals surface area (Å²) in [6.45, 7) is 0. The van der Waals surface area contributed by atoms with Crippen LogP contribution >= 0.6 is 0 Å². The van der Waals surface area contributed by atoms with E-state index in [1.807, 2.05) is 12.2 Å². The van der Waals surface area contributed by atoms with E-state index in [1.165, 1.54) is 0 Å². The quantitative estimate of drug-likeness (QED) is 0.783. The third kappa shape index (κ3) is 2.56. The lowest BCUT2D eigenvalue weighted by molar-refractivity contribution is 0.0656. The van der Waals surface area contributed by atoms with Crippen molar-refractivity contribution in [1.82, 2.24) is 4.72 Å². The Bertz CT molecular complexity index is 549. The molecule has 1 aromatic rings. The lowest BCUT2D eigenvalue weighted by Crippen LogP contribution is -2.32. The first-order chi connectivity index (χ1) is 7.99. The minimum atomic E-state index is -3.78. The molecule has 0 radical (unpaired) electrons. The van der Waals surface area contributed by atoms with E-state index in [2.05, 4.69) is 4.72 Å². The second-order valence-corrected chi connectivity index (χ2v) is 5.33. The molecule has 1 aliphatic rings. The van der Waals surface area contributed by atoms with Crippen molar-refractivity contribution in [2.45, 2.75) is 24.0 Å². The highest BCUT2D eigenvalue weighted by atomic mass is 32.2. The highest BCUT2D eigenvalue weighted by Crippen LogP contribution is 2.17. The van der Waals surface area contributed by atoms with Gasteiger partial charge in [-0.05, 0) is 25.0 Å². The fourth-order valence-corrected chi connectivity index (χ4v) is 2.76. The molecule has 1 aromatic heterocycles. The number of aromatic carboxylic acids is 1. The van der Waals surface area contributed by atoms with Crippen LogP contribution in [0.4, 0.5) is 0 Å². The number of rotatable bonds is 4. The van der Waals surface area contributed by atoms with Crippen molar-refractivity contribution in [3.05, 3.63) is 30.0 Å². The Balaban J connectivity index is 2.16. The van der Waals surface area contributed by atoms with Crippen LogP contribution in [-0.4, -0.2) is 25.5 Å². The maximum Gasteiger partial charge on any atom is 0.371 e. The zero-order valence-electron chi connectivity index (χ0n) is 8.79. The largest absolute Gasteiger partial charge is 0.475 e. The lowest BCUT2D eigenvalue weighted by Gasteiger charge is -2.10. The van der Waals surface area contributed by atoms with Gasteiger partial charge in [-0.3, -0.25) is 0 Å². The highest BCUT2D eigenvalue weighted by Gasteiger charge is 2.24. The molecule has 0 aromatic carbocycles. The summed E-state index contributed by atoms with van der Waals surface area (Å²) in [7, 11) is -3.78. The first-order valence-electron chi connectivity index (χ1n) is 4.99. The molecule has 2 N–H and O–H groups in total. The smallest absolute Gasteiger partial charge is 0.371 e. The SMILES string of the molecule is O=C(O)c1ccc(S(=O)(=O)NC2CC=CC2)o1. The van der Waals surface area contributed by atoms with Crippen LogP contribution in [0.25, 0.3) is 0 Å². The third-order valence-electron chi connectivity index (χ3n) is 2.39. The van der Waals surface area contributed by atoms with Gasteiger partial charge < -0.3 is 9.52 Å². The van der Waals surface area contributed by atoms with E-state index in [-0.39, 0.29) is 11.1 Å². The summed E-state index contributed by atoms with van der Waals surface area (Å²) in [4.78, 5) is 10.6. The Morgan fingerprint density at radius 3 is 2.53 bits per heavy atom. The lowest BCUT2D eigenvalue weighted by atomic mass is 10.3. The van der Waals surface area contributed by atoms with Gasteiger partial charge in [0.1, 0.15) is 0 Å². The topological polar surface area (TPSA) is 96.6 Å². The first-order valence-corrected chi connectivity index (χ1v) is 6.48. The van der Waals surface area contributed by atoms with Gasteiger partial charge in [0.2, 0.25) is 10.9 Å². The number of carboxylic acids is 1. The summed E-state index contributed by atoms with van der Waals surface area (Å²) < 4.78 is 30.8. The molecule has 1 aliphatic carbocycles. The highest BCUT2D eigenvalue weighted by molar-refractivity contribution is 7.89. The molecule has 0 atom stereocenters. The average molecular weight is 257 g/mol. The molecule has 92 valence electrons. The van der Waals surface area contributed by atoms with E-state index in [1.54, 1.807) is 0 Å². The van der Waals surface area contributed by atoms with Gasteiger partial charge in [-0.1, -0.05) is 12.2 Å². The number of sulfonamides is 1. The molecule has 0 fully saturated rings. The Morgan fingerprint density at radius 2 is 2.00 bits per heavy atom. The van der Waals surface area contributed by atoms with Gasteiger partial charge in [0.15, 0.2) is 0 Å². The second-order valence-electron chi connectivity index (χ2n) is 3.68. The molecule has 2 rings (SSSR count). The predicted molar refractivity (Wildman–Crippen MR) is 58.2 cm³/mol. The van der Waals surface area contributed by atoms with Gasteiger partial charge in [-0.15, -0.1) is 0 Å². The maximum atomic E-state index is 11.8. The van der Waals surface area contributed by atoms with Crippen molar-refractivity contribution < 1.29 is 22.7 Å². The van der Waals surface area contributed by atoms with Crippen LogP contribution in [0, 0.1) is 0 Å². The number of carbonyl (C=O) groups is 1. The molecule has 1 heterocycles. The standard InChI is InChI=1S/C10H11NO5S/c12-10(13)8-5-6-9(16-8)17(14,15)11-7-3-1-2-4-7/h1-2,5-7,11H,3-4H2,(H,12,13). The molecular formula is C10H11NO5S. The fraction of sp³-hybridized carbons (Fsp3) is 0.300. The summed E-state index contributed by atoms with van der Waals surface area (Å²) >= 11 is 0. The van der Waals surface area contributed by atoms with Gasteiger partial charge in [0.05, 0.1) is 0 Å². The summed E-state index contributed by atoms with van der Waals surface area (Å²) in [6.07, 6.45) is 5.04. The number of carboxylic acid groups (broad SMARTS) is 1. The van der Waals surface area contributed by atoms with E-state index in [4.69, 9.17) is 9.52 Å². The van der Waals surface area contributed by atoms with Gasteiger partial charge in [0.25, 0.3) is 10.0 Å². The van der Waals surface area contributed by atoms with Crippen LogP contribution in [0.2, 0.25) is 0 Å². The Kier molecular flexibility index (Phi) is 3.03. The van der Waals surface area contributed by atoms with Crippen LogP contribution in [0.5, 0.6) is 0 Å². The molecule has 6 nitrogen and oxygen atoms in total. The predicted octanol–water partition coefficient (Wildman–Crippen LogP) is 0.975. The molecule has 0 aliphatic heterocycles. The van der Waals surface area contributed by atoms with Crippen LogP contribution in [0.1, 0.15) is 23.4 Å². The van der Waals surface area contributed by atoms with E-state index in [9.17, 15) is 13.2 Å². The number of hydrogen-bond donors (Lipinski definition) is 2. The van der Waals surface area contributed by atoms with E-state index in [0.29, 0.717) is 12.8 Å². The minimum Gasteiger partial charge on any atom is -0.475 e. The van der Waals surface area contributed by atoms with Crippen molar-refractivity contribution in [1.29, 1.82) is 0 Å². The molecule has 0 unspecified atom stereocenters. The molecular weight excluding hydrogens is 246 g/mol. The summed E-state index contributed by atoms with van der Waals surface area (Å²) in [5, 5.41) is 8.26. The minimum absolute atomic E-state index is 0.182. The van der Waals surface area contributed by atoms with E-state index < -0.39 is 21.8 Å². The number of hydrogen-bond acceptors (Lipinski definition) is 4. The normalized spacial score (nSPS) is 16.5. The van der Waals surface area contributed by atoms with Gasteiger partial charge in [-0.2, -0.15) is 0 Å². The molecule has 0 saturated heterocycles. The molecule has 17 heavy (non-hydrogen) atoms. The average Bonchev–Trinajstić information content (AvgIpc) is 2.84. The molecule has 0 amide bonds. The summed E-state index contributed by atoms with van der Waals surface area (Å²) in [6, 6.07) is 2.07. The van der Waals surface area contributed by atoms with Crippen molar-refractivity contribution in [2.24, 2.45) is 0 Å². The monoisotopic (exact) mass is 257 g/mol. The first kappa shape index (κ1) is 11.9. The van der Waals surface area contributed by atoms with Crippen LogP contribution in [0.15, 0.2) is 33.8 Å². The van der Waals surface area contributed by atoms with Gasteiger partial charge in [-0.25, -0.2) is 17.9 Å². The Hall–Kier alpha value is -1.60. The zero-order valence-corrected chi connectivity index (χ0v) is 9.61. The van der Waals surface area contributed by atoms with E-state index >= 15 is 0 Å². The second kappa shape index (κ2) is 4.34. The molecule has 0 spiro atoms. The van der Waals surface area contributed by atoms with Crippen LogP contribution < -0.4 is 4.72 Å². The number of nitrogens with one attached hydrogen (secondary N) is 1. The van der Waals surface area contributed by atoms with Gasteiger partial charge in [0, 0.05) is 6.04 Å². The van der Waals surface area contributed by atoms with Crippen molar-refractivity contribution >= 4 is 16.0 Å². The van der Waals surface area contributed by atoms with Crippen LogP contribution in [-0.2, 0) is 10.0 Å². The molecule has 0 saturated carbocycles. The molecule has 0 bridgehead atoms.